The summed E-state index contributed by atoms with van der Waals surface area (Å²) >= 11 is 0. The smallest absolute Gasteiger partial charge is 0.256 e. The molecule has 0 unspecified atom stereocenters. The first kappa shape index (κ1) is 13.8. The second-order valence-corrected chi connectivity index (χ2v) is 5.54. The molecule has 1 atom stereocenters. The minimum Gasteiger partial charge on any atom is -0.383 e. The Kier molecular flexibility index (Phi) is 3.51. The van der Waals surface area contributed by atoms with Gasteiger partial charge >= 0.3 is 0 Å². The molecule has 0 radical (unpaired) electrons. The number of rotatable bonds is 5. The Labute approximate surface area is 123 Å². The first-order valence-electron chi connectivity index (χ1n) is 7.08. The number of aromatic nitrogens is 1. The molecule has 1 aliphatic rings. The van der Waals surface area contributed by atoms with Gasteiger partial charge in [0.2, 0.25) is 0 Å². The van der Waals surface area contributed by atoms with Crippen molar-refractivity contribution in [2.45, 2.75) is 25.4 Å². The summed E-state index contributed by atoms with van der Waals surface area (Å²) in [5.41, 5.74) is 0.234. The molecule has 0 spiro atoms. The van der Waals surface area contributed by atoms with Crippen molar-refractivity contribution >= 4 is 5.91 Å². The van der Waals surface area contributed by atoms with Crippen LogP contribution in [0.15, 0.2) is 41.1 Å². The lowest BCUT2D eigenvalue weighted by molar-refractivity contribution is 0.0135. The highest BCUT2D eigenvalue weighted by molar-refractivity contribution is 5.94. The van der Waals surface area contributed by atoms with E-state index < -0.39 is 5.60 Å². The van der Waals surface area contributed by atoms with Gasteiger partial charge in [0, 0.05) is 0 Å². The summed E-state index contributed by atoms with van der Waals surface area (Å²) in [6.07, 6.45) is 3.35. The van der Waals surface area contributed by atoms with Gasteiger partial charge in [0.15, 0.2) is 0 Å². The van der Waals surface area contributed by atoms with Crippen LogP contribution >= 0.6 is 0 Å². The van der Waals surface area contributed by atoms with Crippen LogP contribution in [0.1, 0.15) is 34.5 Å². The lowest BCUT2D eigenvalue weighted by atomic mass is 9.88. The lowest BCUT2D eigenvalue weighted by Crippen LogP contribution is -2.42. The molecule has 1 aromatic carbocycles. The van der Waals surface area contributed by atoms with Crippen molar-refractivity contribution in [2.75, 3.05) is 6.54 Å². The van der Waals surface area contributed by atoms with Crippen LogP contribution in [-0.2, 0) is 5.60 Å². The summed E-state index contributed by atoms with van der Waals surface area (Å²) in [6, 6.07) is 9.50. The zero-order valence-electron chi connectivity index (χ0n) is 11.9. The van der Waals surface area contributed by atoms with Crippen LogP contribution in [0.5, 0.6) is 0 Å². The van der Waals surface area contributed by atoms with Gasteiger partial charge in [-0.15, -0.1) is 0 Å². The number of aliphatic hydroxyl groups is 1. The van der Waals surface area contributed by atoms with E-state index in [0.717, 1.165) is 18.4 Å². The van der Waals surface area contributed by atoms with E-state index in [9.17, 15) is 9.90 Å². The largest absolute Gasteiger partial charge is 0.383 e. The maximum atomic E-state index is 12.1. The molecular formula is C16H18N2O3. The van der Waals surface area contributed by atoms with E-state index in [1.807, 2.05) is 30.3 Å². The van der Waals surface area contributed by atoms with E-state index in [-0.39, 0.29) is 18.4 Å². The fraction of sp³-hybridized carbons (Fsp3) is 0.375. The highest BCUT2D eigenvalue weighted by Gasteiger charge is 2.45. The van der Waals surface area contributed by atoms with Gasteiger partial charge in [0.05, 0.1) is 12.7 Å². The summed E-state index contributed by atoms with van der Waals surface area (Å²) < 4.78 is 4.89. The Hall–Kier alpha value is -2.14. The van der Waals surface area contributed by atoms with Gasteiger partial charge in [-0.25, -0.2) is 0 Å². The predicted molar refractivity (Wildman–Crippen MR) is 76.6 cm³/mol. The Morgan fingerprint density at radius 3 is 2.71 bits per heavy atom. The van der Waals surface area contributed by atoms with Crippen molar-refractivity contribution in [1.82, 2.24) is 10.5 Å². The molecule has 110 valence electrons. The maximum Gasteiger partial charge on any atom is 0.256 e. The molecule has 21 heavy (non-hydrogen) atoms. The lowest BCUT2D eigenvalue weighted by Gasteiger charge is -2.29. The fourth-order valence-electron chi connectivity index (χ4n) is 2.60. The summed E-state index contributed by atoms with van der Waals surface area (Å²) in [7, 11) is 0. The van der Waals surface area contributed by atoms with E-state index in [1.165, 1.54) is 6.20 Å². The molecule has 0 aliphatic heterocycles. The molecule has 0 bridgehead atoms. The van der Waals surface area contributed by atoms with Crippen molar-refractivity contribution in [2.24, 2.45) is 5.92 Å². The number of nitrogens with zero attached hydrogens (tertiary/aromatic N) is 1. The Morgan fingerprint density at radius 1 is 1.43 bits per heavy atom. The Bertz CT molecular complexity index is 634. The van der Waals surface area contributed by atoms with Crippen LogP contribution in [0, 0.1) is 12.8 Å². The molecule has 5 nitrogen and oxygen atoms in total. The second kappa shape index (κ2) is 5.33. The molecule has 1 amide bonds. The van der Waals surface area contributed by atoms with E-state index in [4.69, 9.17) is 4.52 Å². The number of carbonyl (C=O) groups excluding carboxylic acids is 1. The van der Waals surface area contributed by atoms with Gasteiger partial charge in [0.1, 0.15) is 16.9 Å². The zero-order chi connectivity index (χ0) is 14.9. The Balaban J connectivity index is 1.75. The van der Waals surface area contributed by atoms with Crippen LogP contribution in [-0.4, -0.2) is 22.7 Å². The molecule has 2 aromatic rings. The van der Waals surface area contributed by atoms with Crippen LogP contribution < -0.4 is 5.32 Å². The van der Waals surface area contributed by atoms with Gasteiger partial charge in [0.25, 0.3) is 5.91 Å². The predicted octanol–water partition coefficient (Wildman–Crippen LogP) is 2.01. The highest BCUT2D eigenvalue weighted by atomic mass is 16.5. The molecule has 1 fully saturated rings. The summed E-state index contributed by atoms with van der Waals surface area (Å²) in [5, 5.41) is 17.4. The monoisotopic (exact) mass is 286 g/mol. The van der Waals surface area contributed by atoms with E-state index in [1.54, 1.807) is 6.92 Å². The van der Waals surface area contributed by atoms with Crippen LogP contribution in [0.25, 0.3) is 0 Å². The normalized spacial score (nSPS) is 17.2. The maximum absolute atomic E-state index is 12.1. The first-order chi connectivity index (χ1) is 10.1. The quantitative estimate of drug-likeness (QED) is 0.881. The highest BCUT2D eigenvalue weighted by Crippen LogP contribution is 2.45. The van der Waals surface area contributed by atoms with Gasteiger partial charge in [-0.05, 0) is 31.2 Å². The molecule has 1 saturated carbocycles. The van der Waals surface area contributed by atoms with Crippen molar-refractivity contribution in [3.8, 4) is 0 Å². The average Bonchev–Trinajstić information content (AvgIpc) is 3.28. The number of hydrogen-bond acceptors (Lipinski definition) is 4. The number of benzene rings is 1. The summed E-state index contributed by atoms with van der Waals surface area (Å²) in [5.74, 6) is 0.398. The molecular weight excluding hydrogens is 268 g/mol. The SMILES string of the molecule is Cc1oncc1C(=O)NC[C@@](O)(c1ccccc1)C1CC1. The average molecular weight is 286 g/mol. The number of hydrogen-bond donors (Lipinski definition) is 2. The molecule has 1 aromatic heterocycles. The third kappa shape index (κ3) is 2.69. The van der Waals surface area contributed by atoms with Crippen molar-refractivity contribution < 1.29 is 14.4 Å². The Morgan fingerprint density at radius 2 is 2.14 bits per heavy atom. The van der Waals surface area contributed by atoms with Gasteiger partial charge in [-0.1, -0.05) is 35.5 Å². The fourth-order valence-corrected chi connectivity index (χ4v) is 2.60. The minimum atomic E-state index is -1.01. The van der Waals surface area contributed by atoms with Crippen LogP contribution in [0.2, 0.25) is 0 Å². The second-order valence-electron chi connectivity index (χ2n) is 5.54. The minimum absolute atomic E-state index is 0.186. The molecule has 5 heteroatoms. The van der Waals surface area contributed by atoms with Gasteiger partial charge < -0.3 is 14.9 Å². The third-order valence-electron chi connectivity index (χ3n) is 4.04. The third-order valence-corrected chi connectivity index (χ3v) is 4.04. The number of aryl methyl sites for hydroxylation is 1. The molecule has 2 N–H and O–H groups in total. The van der Waals surface area contributed by atoms with Gasteiger partial charge in [-0.2, -0.15) is 0 Å². The van der Waals surface area contributed by atoms with Crippen molar-refractivity contribution in [3.05, 3.63) is 53.4 Å². The standard InChI is InChI=1S/C16H18N2O3/c1-11-14(9-18-21-11)15(19)17-10-16(20,13-7-8-13)12-5-3-2-4-6-12/h2-6,9,13,20H,7-8,10H2,1H3,(H,17,19)/t16-/m1/s1. The summed E-state index contributed by atoms with van der Waals surface area (Å²) in [6.45, 7) is 1.87. The number of nitrogens with one attached hydrogen (secondary N) is 1. The molecule has 1 heterocycles. The first-order valence-corrected chi connectivity index (χ1v) is 7.08. The van der Waals surface area contributed by atoms with E-state index in [2.05, 4.69) is 10.5 Å². The topological polar surface area (TPSA) is 75.4 Å². The summed E-state index contributed by atoms with van der Waals surface area (Å²) in [4.78, 5) is 12.1. The molecule has 1 aliphatic carbocycles. The van der Waals surface area contributed by atoms with Crippen LogP contribution in [0.3, 0.4) is 0 Å². The zero-order valence-corrected chi connectivity index (χ0v) is 11.9. The van der Waals surface area contributed by atoms with E-state index >= 15 is 0 Å². The number of carbonyl (C=O) groups is 1. The molecule has 3 rings (SSSR count). The van der Waals surface area contributed by atoms with Crippen molar-refractivity contribution in [1.29, 1.82) is 0 Å². The number of amides is 1. The van der Waals surface area contributed by atoms with Gasteiger partial charge in [-0.3, -0.25) is 4.79 Å². The van der Waals surface area contributed by atoms with Crippen molar-refractivity contribution in [3.63, 3.8) is 0 Å². The van der Waals surface area contributed by atoms with E-state index in [0.29, 0.717) is 11.3 Å². The molecule has 0 saturated heterocycles. The van der Waals surface area contributed by atoms with Crippen LogP contribution in [0.4, 0.5) is 0 Å².